The lowest BCUT2D eigenvalue weighted by atomic mass is 10.1. The molecule has 3 rings (SSSR count). The molecule has 0 unspecified atom stereocenters. The number of hydrogen-bond donors (Lipinski definition) is 1. The molecule has 0 saturated carbocycles. The van der Waals surface area contributed by atoms with Crippen LogP contribution in [0.3, 0.4) is 0 Å². The lowest BCUT2D eigenvalue weighted by Gasteiger charge is -2.32. The van der Waals surface area contributed by atoms with Crippen molar-refractivity contribution in [2.75, 3.05) is 39.4 Å². The summed E-state index contributed by atoms with van der Waals surface area (Å²) in [5.41, 5.74) is 0.243. The van der Waals surface area contributed by atoms with Crippen molar-refractivity contribution in [3.63, 3.8) is 0 Å². The first-order valence-corrected chi connectivity index (χ1v) is 9.42. The van der Waals surface area contributed by atoms with E-state index in [0.717, 1.165) is 25.1 Å². The number of carbonyl (C=O) groups is 1. The summed E-state index contributed by atoms with van der Waals surface area (Å²) in [6.45, 7) is 9.61. The Hall–Kier alpha value is -1.63. The third-order valence-electron chi connectivity index (χ3n) is 5.22. The highest BCUT2D eigenvalue weighted by atomic mass is 16.5. The first-order chi connectivity index (χ1) is 12.4. The molecule has 0 aliphatic carbocycles. The number of ether oxygens (including phenoxy) is 2. The Labute approximate surface area is 155 Å². The fourth-order valence-electron chi connectivity index (χ4n) is 3.68. The van der Waals surface area contributed by atoms with Gasteiger partial charge in [0.05, 0.1) is 25.4 Å². The maximum absolute atomic E-state index is 13.0. The van der Waals surface area contributed by atoms with E-state index in [2.05, 4.69) is 4.90 Å². The highest BCUT2D eigenvalue weighted by Gasteiger charge is 2.37. The van der Waals surface area contributed by atoms with Crippen molar-refractivity contribution in [1.82, 2.24) is 9.80 Å². The molecular formula is C20H30N2O4. The third kappa shape index (κ3) is 4.37. The van der Waals surface area contributed by atoms with Gasteiger partial charge in [-0.2, -0.15) is 0 Å². The second kappa shape index (κ2) is 7.94. The van der Waals surface area contributed by atoms with Gasteiger partial charge in [-0.05, 0) is 39.3 Å². The second-order valence-electron chi connectivity index (χ2n) is 7.78. The molecular weight excluding hydrogens is 332 g/mol. The van der Waals surface area contributed by atoms with E-state index in [1.807, 2.05) is 49.9 Å². The smallest absolute Gasteiger partial charge is 0.266 e. The first kappa shape index (κ1) is 19.1. The fraction of sp³-hybridized carbons (Fsp3) is 0.650. The van der Waals surface area contributed by atoms with Crippen molar-refractivity contribution >= 4 is 5.91 Å². The van der Waals surface area contributed by atoms with Gasteiger partial charge in [-0.3, -0.25) is 9.69 Å². The summed E-state index contributed by atoms with van der Waals surface area (Å²) < 4.78 is 11.4. The van der Waals surface area contributed by atoms with Crippen LogP contribution in [0.4, 0.5) is 0 Å². The van der Waals surface area contributed by atoms with Crippen LogP contribution < -0.4 is 4.74 Å². The van der Waals surface area contributed by atoms with E-state index in [0.29, 0.717) is 32.1 Å². The number of aliphatic hydroxyl groups excluding tert-OH is 1. The molecule has 2 fully saturated rings. The van der Waals surface area contributed by atoms with Crippen LogP contribution in [0.1, 0.15) is 25.8 Å². The van der Waals surface area contributed by atoms with Crippen LogP contribution in [-0.4, -0.2) is 78.0 Å². The average molecular weight is 362 g/mol. The number of amides is 1. The molecule has 0 radical (unpaired) electrons. The van der Waals surface area contributed by atoms with Gasteiger partial charge >= 0.3 is 0 Å². The zero-order valence-electron chi connectivity index (χ0n) is 16.0. The van der Waals surface area contributed by atoms with Crippen molar-refractivity contribution in [1.29, 1.82) is 0 Å². The van der Waals surface area contributed by atoms with Gasteiger partial charge in [0, 0.05) is 26.2 Å². The highest BCUT2D eigenvalue weighted by Crippen LogP contribution is 2.22. The van der Waals surface area contributed by atoms with E-state index >= 15 is 0 Å². The number of carbonyl (C=O) groups excluding carboxylic acids is 1. The van der Waals surface area contributed by atoms with Gasteiger partial charge < -0.3 is 19.5 Å². The largest absolute Gasteiger partial charge is 0.478 e. The molecule has 6 heteroatoms. The quantitative estimate of drug-likeness (QED) is 0.878. The molecule has 0 aromatic heterocycles. The summed E-state index contributed by atoms with van der Waals surface area (Å²) >= 11 is 0. The molecule has 2 aliphatic heterocycles. The Balaban J connectivity index is 1.60. The van der Waals surface area contributed by atoms with E-state index in [-0.39, 0.29) is 11.9 Å². The summed E-state index contributed by atoms with van der Waals surface area (Å²) in [6, 6.07) is 7.80. The lowest BCUT2D eigenvalue weighted by Crippen LogP contribution is -2.50. The molecule has 0 bridgehead atoms. The fourth-order valence-corrected chi connectivity index (χ4v) is 3.68. The Bertz CT molecular complexity index is 617. The molecule has 2 atom stereocenters. The lowest BCUT2D eigenvalue weighted by molar-refractivity contribution is -0.145. The molecule has 1 N–H and O–H groups in total. The molecule has 1 aromatic rings. The Morgan fingerprint density at radius 1 is 1.15 bits per heavy atom. The van der Waals surface area contributed by atoms with Crippen LogP contribution in [0.15, 0.2) is 24.3 Å². The van der Waals surface area contributed by atoms with Gasteiger partial charge in [0.2, 0.25) is 0 Å². The standard InChI is InChI=1S/C20H30N2O4/c1-15-5-7-16(8-6-15)26-20(2,3)19(24)22-10-4-9-21(11-12-22)17-13-25-14-18(17)23/h5-8,17-18,23H,4,9-14H2,1-3H3/t17-,18-/m0/s1. The zero-order chi connectivity index (χ0) is 18.7. The number of aliphatic hydroxyl groups is 1. The molecule has 0 spiro atoms. The van der Waals surface area contributed by atoms with Gasteiger partial charge in [-0.15, -0.1) is 0 Å². The number of hydrogen-bond acceptors (Lipinski definition) is 5. The molecule has 1 aromatic carbocycles. The minimum atomic E-state index is -0.916. The number of rotatable bonds is 4. The van der Waals surface area contributed by atoms with Crippen LogP contribution in [0.5, 0.6) is 5.75 Å². The molecule has 6 nitrogen and oxygen atoms in total. The first-order valence-electron chi connectivity index (χ1n) is 9.42. The minimum absolute atomic E-state index is 0.00291. The van der Waals surface area contributed by atoms with Crippen molar-refractivity contribution in [3.05, 3.63) is 29.8 Å². The molecule has 2 aliphatic rings. The van der Waals surface area contributed by atoms with Crippen molar-refractivity contribution in [2.45, 2.75) is 44.9 Å². The summed E-state index contributed by atoms with van der Waals surface area (Å²) in [6.07, 6.45) is 0.453. The maximum atomic E-state index is 13.0. The predicted molar refractivity (Wildman–Crippen MR) is 99.3 cm³/mol. The van der Waals surface area contributed by atoms with Crippen LogP contribution in [0.25, 0.3) is 0 Å². The van der Waals surface area contributed by atoms with E-state index in [1.165, 1.54) is 0 Å². The topological polar surface area (TPSA) is 62.2 Å². The van der Waals surface area contributed by atoms with Crippen molar-refractivity contribution in [2.24, 2.45) is 0 Å². The summed E-state index contributed by atoms with van der Waals surface area (Å²) in [5, 5.41) is 10.1. The molecule has 2 saturated heterocycles. The summed E-state index contributed by atoms with van der Waals surface area (Å²) in [7, 11) is 0. The average Bonchev–Trinajstić information content (AvgIpc) is 2.89. The molecule has 144 valence electrons. The Kier molecular flexibility index (Phi) is 5.85. The summed E-state index contributed by atoms with van der Waals surface area (Å²) in [4.78, 5) is 17.2. The number of nitrogens with zero attached hydrogens (tertiary/aromatic N) is 2. The molecule has 1 amide bonds. The predicted octanol–water partition coefficient (Wildman–Crippen LogP) is 1.45. The molecule has 2 heterocycles. The summed E-state index contributed by atoms with van der Waals surface area (Å²) in [5.74, 6) is 0.708. The highest BCUT2D eigenvalue weighted by molar-refractivity contribution is 5.84. The zero-order valence-corrected chi connectivity index (χ0v) is 16.0. The Morgan fingerprint density at radius 3 is 2.54 bits per heavy atom. The SMILES string of the molecule is Cc1ccc(OC(C)(C)C(=O)N2CCCN([C@H]3COC[C@@H]3O)CC2)cc1. The van der Waals surface area contributed by atoms with E-state index in [1.54, 1.807) is 0 Å². The normalized spacial score (nSPS) is 25.2. The number of benzene rings is 1. The van der Waals surface area contributed by atoms with Gasteiger partial charge in [-0.1, -0.05) is 17.7 Å². The third-order valence-corrected chi connectivity index (χ3v) is 5.22. The van der Waals surface area contributed by atoms with Gasteiger partial charge in [-0.25, -0.2) is 0 Å². The van der Waals surface area contributed by atoms with Crippen molar-refractivity contribution in [3.8, 4) is 5.75 Å². The van der Waals surface area contributed by atoms with Gasteiger partial charge in [0.1, 0.15) is 5.75 Å². The van der Waals surface area contributed by atoms with Gasteiger partial charge in [0.15, 0.2) is 5.60 Å². The van der Waals surface area contributed by atoms with E-state index in [4.69, 9.17) is 9.47 Å². The van der Waals surface area contributed by atoms with Crippen LogP contribution in [0, 0.1) is 6.92 Å². The van der Waals surface area contributed by atoms with E-state index < -0.39 is 11.7 Å². The van der Waals surface area contributed by atoms with Crippen LogP contribution >= 0.6 is 0 Å². The van der Waals surface area contributed by atoms with Crippen LogP contribution in [0.2, 0.25) is 0 Å². The maximum Gasteiger partial charge on any atom is 0.266 e. The minimum Gasteiger partial charge on any atom is -0.478 e. The molecule has 26 heavy (non-hydrogen) atoms. The van der Waals surface area contributed by atoms with E-state index in [9.17, 15) is 9.90 Å². The monoisotopic (exact) mass is 362 g/mol. The van der Waals surface area contributed by atoms with Crippen LogP contribution in [-0.2, 0) is 9.53 Å². The van der Waals surface area contributed by atoms with Crippen molar-refractivity contribution < 1.29 is 19.4 Å². The number of aryl methyl sites for hydroxylation is 1. The second-order valence-corrected chi connectivity index (χ2v) is 7.78. The Morgan fingerprint density at radius 2 is 1.88 bits per heavy atom. The van der Waals surface area contributed by atoms with Gasteiger partial charge in [0.25, 0.3) is 5.91 Å².